The van der Waals surface area contributed by atoms with Crippen molar-refractivity contribution >= 4 is 23.7 Å². The van der Waals surface area contributed by atoms with Gasteiger partial charge in [0.2, 0.25) is 17.7 Å². The van der Waals surface area contributed by atoms with Crippen molar-refractivity contribution in [2.45, 2.75) is 57.7 Å². The molecule has 0 saturated heterocycles. The van der Waals surface area contributed by atoms with Crippen LogP contribution in [0.15, 0.2) is 12.5 Å². The average molecular weight is 440 g/mol. The van der Waals surface area contributed by atoms with Crippen molar-refractivity contribution in [3.63, 3.8) is 0 Å². The van der Waals surface area contributed by atoms with Crippen LogP contribution in [0.5, 0.6) is 0 Å². The molecule has 0 spiro atoms. The molecule has 3 amide bonds. The highest BCUT2D eigenvalue weighted by Gasteiger charge is 2.30. The Kier molecular flexibility index (Phi) is 11.2. The lowest BCUT2D eigenvalue weighted by molar-refractivity contribution is -0.142. The first-order valence-electron chi connectivity index (χ1n) is 10.2. The number of nitrogens with two attached hydrogens (primary N) is 2. The summed E-state index contributed by atoms with van der Waals surface area (Å²) in [6.45, 7) is 3.64. The zero-order valence-electron chi connectivity index (χ0n) is 17.9. The molecule has 1 rings (SSSR count). The Morgan fingerprint density at radius 3 is 2.26 bits per heavy atom. The van der Waals surface area contributed by atoms with E-state index in [1.165, 1.54) is 12.5 Å². The van der Waals surface area contributed by atoms with Crippen molar-refractivity contribution in [2.75, 3.05) is 13.1 Å². The molecule has 1 aromatic rings. The van der Waals surface area contributed by atoms with Crippen molar-refractivity contribution in [3.05, 3.63) is 18.2 Å². The van der Waals surface area contributed by atoms with Crippen LogP contribution in [0, 0.1) is 5.92 Å². The lowest BCUT2D eigenvalue weighted by atomic mass is 10.0. The van der Waals surface area contributed by atoms with Gasteiger partial charge in [0.05, 0.1) is 12.9 Å². The fourth-order valence-electron chi connectivity index (χ4n) is 2.88. The molecule has 0 radical (unpaired) electrons. The number of imidazole rings is 1. The predicted molar refractivity (Wildman–Crippen MR) is 113 cm³/mol. The number of hydrogen-bond acceptors (Lipinski definition) is 7. The first kappa shape index (κ1) is 26.0. The highest BCUT2D eigenvalue weighted by molar-refractivity contribution is 5.93. The Morgan fingerprint density at radius 2 is 1.74 bits per heavy atom. The summed E-state index contributed by atoms with van der Waals surface area (Å²) < 4.78 is 0. The van der Waals surface area contributed by atoms with Crippen LogP contribution in [0.1, 0.15) is 38.8 Å². The van der Waals surface area contributed by atoms with Gasteiger partial charge in [-0.25, -0.2) is 9.78 Å². The monoisotopic (exact) mass is 439 g/mol. The Bertz CT molecular complexity index is 723. The van der Waals surface area contributed by atoms with Gasteiger partial charge in [-0.1, -0.05) is 13.8 Å². The summed E-state index contributed by atoms with van der Waals surface area (Å²) in [5.41, 5.74) is 11.4. The number of unbranched alkanes of at least 4 members (excludes halogenated alkanes) is 1. The van der Waals surface area contributed by atoms with Gasteiger partial charge >= 0.3 is 5.97 Å². The molecule has 0 bridgehead atoms. The fourth-order valence-corrected chi connectivity index (χ4v) is 2.88. The minimum atomic E-state index is -1.22. The van der Waals surface area contributed by atoms with Crippen LogP contribution in [-0.4, -0.2) is 70.0 Å². The molecule has 12 nitrogen and oxygen atoms in total. The molecule has 12 heteroatoms. The minimum absolute atomic E-state index is 0.00567. The third-order valence-corrected chi connectivity index (χ3v) is 4.62. The molecule has 0 aliphatic carbocycles. The number of aromatic nitrogens is 2. The largest absolute Gasteiger partial charge is 0.480 e. The van der Waals surface area contributed by atoms with Crippen molar-refractivity contribution in [1.29, 1.82) is 0 Å². The summed E-state index contributed by atoms with van der Waals surface area (Å²) in [6.07, 6.45) is 4.33. The SMILES string of the molecule is CC(C)C(NC(=O)CN)C(=O)NC(CCCCN)C(=O)NC(Cc1cnc[nH]1)C(=O)O. The maximum Gasteiger partial charge on any atom is 0.326 e. The zero-order chi connectivity index (χ0) is 23.4. The van der Waals surface area contributed by atoms with Gasteiger partial charge in [-0.3, -0.25) is 14.4 Å². The molecular weight excluding hydrogens is 406 g/mol. The molecule has 174 valence electrons. The van der Waals surface area contributed by atoms with Crippen LogP contribution in [-0.2, 0) is 25.6 Å². The van der Waals surface area contributed by atoms with E-state index in [1.807, 2.05) is 0 Å². The number of nitrogens with zero attached hydrogens (tertiary/aromatic N) is 1. The van der Waals surface area contributed by atoms with E-state index >= 15 is 0 Å². The molecule has 0 aromatic carbocycles. The van der Waals surface area contributed by atoms with Crippen molar-refractivity contribution in [3.8, 4) is 0 Å². The summed E-state index contributed by atoms with van der Waals surface area (Å²) in [7, 11) is 0. The summed E-state index contributed by atoms with van der Waals surface area (Å²) in [6, 6.07) is -3.08. The predicted octanol–water partition coefficient (Wildman–Crippen LogP) is -1.77. The van der Waals surface area contributed by atoms with Gasteiger partial charge in [-0.15, -0.1) is 0 Å². The van der Waals surface area contributed by atoms with E-state index in [2.05, 4.69) is 25.9 Å². The molecule has 0 aliphatic rings. The van der Waals surface area contributed by atoms with Gasteiger partial charge in [-0.2, -0.15) is 0 Å². The van der Waals surface area contributed by atoms with E-state index in [9.17, 15) is 24.3 Å². The third kappa shape index (κ3) is 9.13. The maximum absolute atomic E-state index is 12.8. The number of carboxylic acids is 1. The normalized spacial score (nSPS) is 13.8. The fraction of sp³-hybridized carbons (Fsp3) is 0.632. The smallest absolute Gasteiger partial charge is 0.326 e. The number of hydrogen-bond donors (Lipinski definition) is 7. The zero-order valence-corrected chi connectivity index (χ0v) is 17.9. The molecule has 1 aromatic heterocycles. The van der Waals surface area contributed by atoms with Crippen LogP contribution in [0.3, 0.4) is 0 Å². The lowest BCUT2D eigenvalue weighted by Crippen LogP contribution is -2.57. The van der Waals surface area contributed by atoms with Crippen molar-refractivity contribution < 1.29 is 24.3 Å². The van der Waals surface area contributed by atoms with Crippen molar-refractivity contribution in [1.82, 2.24) is 25.9 Å². The van der Waals surface area contributed by atoms with Crippen LogP contribution >= 0.6 is 0 Å². The second-order valence-corrected chi connectivity index (χ2v) is 7.52. The number of carboxylic acid groups (broad SMARTS) is 1. The van der Waals surface area contributed by atoms with Crippen LogP contribution in [0.25, 0.3) is 0 Å². The summed E-state index contributed by atoms with van der Waals surface area (Å²) in [5, 5.41) is 17.1. The molecular formula is C19H33N7O5. The van der Waals surface area contributed by atoms with Crippen molar-refractivity contribution in [2.24, 2.45) is 17.4 Å². The number of carbonyl (C=O) groups is 4. The second kappa shape index (κ2) is 13.3. The van der Waals surface area contributed by atoms with E-state index in [0.29, 0.717) is 25.1 Å². The number of aliphatic carboxylic acids is 1. The molecule has 0 saturated carbocycles. The Morgan fingerprint density at radius 1 is 1.06 bits per heavy atom. The van der Waals surface area contributed by atoms with Crippen LogP contribution in [0.4, 0.5) is 0 Å². The summed E-state index contributed by atoms with van der Waals surface area (Å²) in [4.78, 5) is 55.5. The highest BCUT2D eigenvalue weighted by Crippen LogP contribution is 2.07. The summed E-state index contributed by atoms with van der Waals surface area (Å²) in [5.74, 6) is -3.15. The Hall–Kier alpha value is -2.99. The third-order valence-electron chi connectivity index (χ3n) is 4.62. The standard InChI is InChI=1S/C19H33N7O5/c1-11(2)16(26-15(27)8-21)18(29)24-13(5-3-4-6-20)17(28)25-14(19(30)31)7-12-9-22-10-23-12/h9-11,13-14,16H,3-8,20-21H2,1-2H3,(H,22,23)(H,24,29)(H,25,28)(H,26,27)(H,30,31). The average Bonchev–Trinajstić information content (AvgIpc) is 3.23. The second-order valence-electron chi connectivity index (χ2n) is 7.52. The number of aromatic amines is 1. The van der Waals surface area contributed by atoms with E-state index < -0.39 is 41.8 Å². The van der Waals surface area contributed by atoms with Gasteiger partial charge in [0.25, 0.3) is 0 Å². The molecule has 31 heavy (non-hydrogen) atoms. The first-order chi connectivity index (χ1) is 14.7. The highest BCUT2D eigenvalue weighted by atomic mass is 16.4. The van der Waals surface area contributed by atoms with Gasteiger partial charge in [-0.05, 0) is 31.7 Å². The number of nitrogens with one attached hydrogen (secondary N) is 4. The topological polar surface area (TPSA) is 205 Å². The molecule has 9 N–H and O–H groups in total. The van der Waals surface area contributed by atoms with Gasteiger partial charge < -0.3 is 37.5 Å². The van der Waals surface area contributed by atoms with Gasteiger partial charge in [0, 0.05) is 18.3 Å². The Labute approximate surface area is 180 Å². The molecule has 3 unspecified atom stereocenters. The number of rotatable bonds is 14. The van der Waals surface area contributed by atoms with Gasteiger partial charge in [0.15, 0.2) is 0 Å². The number of amides is 3. The summed E-state index contributed by atoms with van der Waals surface area (Å²) >= 11 is 0. The van der Waals surface area contributed by atoms with E-state index in [1.54, 1.807) is 13.8 Å². The molecule has 3 atom stereocenters. The maximum atomic E-state index is 12.8. The van der Waals surface area contributed by atoms with E-state index in [0.717, 1.165) is 0 Å². The lowest BCUT2D eigenvalue weighted by Gasteiger charge is -2.26. The van der Waals surface area contributed by atoms with E-state index in [-0.39, 0.29) is 25.3 Å². The number of H-pyrrole nitrogens is 1. The van der Waals surface area contributed by atoms with E-state index in [4.69, 9.17) is 11.5 Å². The van der Waals surface area contributed by atoms with Gasteiger partial charge in [0.1, 0.15) is 18.1 Å². The number of carbonyl (C=O) groups excluding carboxylic acids is 3. The van der Waals surface area contributed by atoms with Crippen LogP contribution in [0.2, 0.25) is 0 Å². The quantitative estimate of drug-likeness (QED) is 0.165. The first-order valence-corrected chi connectivity index (χ1v) is 10.2. The molecule has 1 heterocycles. The molecule has 0 aliphatic heterocycles. The Balaban J connectivity index is 2.91. The minimum Gasteiger partial charge on any atom is -0.480 e. The van der Waals surface area contributed by atoms with Crippen LogP contribution < -0.4 is 27.4 Å². The molecule has 0 fully saturated rings.